The second kappa shape index (κ2) is 5.47. The topological polar surface area (TPSA) is 72.2 Å². The summed E-state index contributed by atoms with van der Waals surface area (Å²) in [5.41, 5.74) is 0.0210. The number of nitrogens with one attached hydrogen (secondary N) is 1. The van der Waals surface area contributed by atoms with Crippen LogP contribution in [0.4, 0.5) is 5.69 Å². The van der Waals surface area contributed by atoms with Crippen molar-refractivity contribution in [3.63, 3.8) is 0 Å². The zero-order valence-electron chi connectivity index (χ0n) is 12.1. The highest BCUT2D eigenvalue weighted by Crippen LogP contribution is 2.49. The van der Waals surface area contributed by atoms with E-state index in [2.05, 4.69) is 5.32 Å². The third-order valence-electron chi connectivity index (χ3n) is 5.14. The number of rotatable bonds is 4. The molecule has 4 atom stereocenters. The number of benzene rings is 1. The molecular weight excluding hydrogens is 268 g/mol. The first-order valence-corrected chi connectivity index (χ1v) is 7.60. The van der Waals surface area contributed by atoms with Crippen molar-refractivity contribution in [1.29, 1.82) is 0 Å². The van der Waals surface area contributed by atoms with Gasteiger partial charge in [-0.2, -0.15) is 0 Å². The van der Waals surface area contributed by atoms with Crippen molar-refractivity contribution >= 4 is 11.6 Å². The van der Waals surface area contributed by atoms with Gasteiger partial charge in [0, 0.05) is 12.1 Å². The smallest absolute Gasteiger partial charge is 0.282 e. The van der Waals surface area contributed by atoms with Gasteiger partial charge in [0.05, 0.1) is 4.92 Å². The van der Waals surface area contributed by atoms with Gasteiger partial charge < -0.3 is 5.32 Å². The zero-order chi connectivity index (χ0) is 15.0. The molecule has 2 aliphatic carbocycles. The maximum atomic E-state index is 12.3. The molecule has 0 aromatic heterocycles. The van der Waals surface area contributed by atoms with E-state index in [1.807, 2.05) is 6.92 Å². The molecule has 1 N–H and O–H groups in total. The largest absolute Gasteiger partial charge is 0.349 e. The van der Waals surface area contributed by atoms with E-state index in [9.17, 15) is 14.9 Å². The molecule has 0 heterocycles. The molecular formula is C16H20N2O3. The standard InChI is InChI=1S/C16H20N2O3/c1-10(14-9-11-6-7-12(14)8-11)17-16(19)13-4-2-3-5-15(13)18(20)21/h2-5,10-12,14H,6-9H2,1H3,(H,17,19)/t10-,11+,12+,14+/m1/s1. The van der Waals surface area contributed by atoms with Crippen LogP contribution in [0.2, 0.25) is 0 Å². The van der Waals surface area contributed by atoms with Crippen LogP contribution in [0.25, 0.3) is 0 Å². The maximum Gasteiger partial charge on any atom is 0.282 e. The summed E-state index contributed by atoms with van der Waals surface area (Å²) in [5.74, 6) is 1.73. The number of nitrogens with zero attached hydrogens (tertiary/aromatic N) is 1. The average Bonchev–Trinajstić information content (AvgIpc) is 3.09. The first-order chi connectivity index (χ1) is 10.1. The Balaban J connectivity index is 1.70. The third kappa shape index (κ3) is 2.64. The van der Waals surface area contributed by atoms with Crippen LogP contribution in [-0.4, -0.2) is 16.9 Å². The first-order valence-electron chi connectivity index (χ1n) is 7.60. The minimum Gasteiger partial charge on any atom is -0.349 e. The van der Waals surface area contributed by atoms with Gasteiger partial charge in [0.25, 0.3) is 11.6 Å². The van der Waals surface area contributed by atoms with Gasteiger partial charge in [-0.05, 0) is 50.0 Å². The van der Waals surface area contributed by atoms with Gasteiger partial charge in [-0.1, -0.05) is 18.6 Å². The number of fused-ring (bicyclic) bond motifs is 2. The van der Waals surface area contributed by atoms with E-state index in [1.165, 1.54) is 37.8 Å². The Morgan fingerprint density at radius 3 is 2.71 bits per heavy atom. The number of nitro benzene ring substituents is 1. The van der Waals surface area contributed by atoms with Crippen LogP contribution in [0.15, 0.2) is 24.3 Å². The van der Waals surface area contributed by atoms with Gasteiger partial charge >= 0.3 is 0 Å². The van der Waals surface area contributed by atoms with Gasteiger partial charge in [0.1, 0.15) is 5.56 Å². The molecule has 2 fully saturated rings. The molecule has 2 bridgehead atoms. The molecule has 5 nitrogen and oxygen atoms in total. The Labute approximate surface area is 123 Å². The van der Waals surface area contributed by atoms with Crippen LogP contribution in [0.3, 0.4) is 0 Å². The monoisotopic (exact) mass is 288 g/mol. The predicted molar refractivity (Wildman–Crippen MR) is 79.0 cm³/mol. The van der Waals surface area contributed by atoms with Gasteiger partial charge in [-0.25, -0.2) is 0 Å². The normalized spacial score (nSPS) is 28.3. The van der Waals surface area contributed by atoms with Crippen molar-refractivity contribution in [2.45, 2.75) is 38.6 Å². The van der Waals surface area contributed by atoms with Crippen molar-refractivity contribution < 1.29 is 9.72 Å². The molecule has 1 amide bonds. The second-order valence-electron chi connectivity index (χ2n) is 6.38. The van der Waals surface area contributed by atoms with Crippen LogP contribution in [0.5, 0.6) is 0 Å². The second-order valence-corrected chi connectivity index (χ2v) is 6.38. The highest BCUT2D eigenvalue weighted by molar-refractivity contribution is 5.98. The predicted octanol–water partition coefficient (Wildman–Crippen LogP) is 3.15. The van der Waals surface area contributed by atoms with Crippen LogP contribution in [0, 0.1) is 27.9 Å². The average molecular weight is 288 g/mol. The minimum absolute atomic E-state index is 0.0765. The van der Waals surface area contributed by atoms with E-state index in [0.717, 1.165) is 11.8 Å². The van der Waals surface area contributed by atoms with Crippen LogP contribution < -0.4 is 5.32 Å². The van der Waals surface area contributed by atoms with Crippen LogP contribution in [-0.2, 0) is 0 Å². The van der Waals surface area contributed by atoms with E-state index in [4.69, 9.17) is 0 Å². The van der Waals surface area contributed by atoms with Gasteiger partial charge in [0.15, 0.2) is 0 Å². The van der Waals surface area contributed by atoms with Crippen molar-refractivity contribution in [3.05, 3.63) is 39.9 Å². The molecule has 2 aliphatic rings. The number of carbonyl (C=O) groups is 1. The number of carbonyl (C=O) groups excluding carboxylic acids is 1. The van der Waals surface area contributed by atoms with E-state index >= 15 is 0 Å². The third-order valence-corrected chi connectivity index (χ3v) is 5.14. The first kappa shape index (κ1) is 14.0. The fourth-order valence-electron chi connectivity index (χ4n) is 4.12. The van der Waals surface area contributed by atoms with Gasteiger partial charge in [0.2, 0.25) is 0 Å². The summed E-state index contributed by atoms with van der Waals surface area (Å²) in [5, 5.41) is 14.0. The molecule has 0 aliphatic heterocycles. The zero-order valence-corrected chi connectivity index (χ0v) is 12.1. The fourth-order valence-corrected chi connectivity index (χ4v) is 4.12. The summed E-state index contributed by atoms with van der Waals surface area (Å²) in [4.78, 5) is 22.8. The quantitative estimate of drug-likeness (QED) is 0.683. The Bertz CT molecular complexity index is 572. The Morgan fingerprint density at radius 1 is 1.33 bits per heavy atom. The Morgan fingerprint density at radius 2 is 2.10 bits per heavy atom. The van der Waals surface area contributed by atoms with E-state index < -0.39 is 4.92 Å². The lowest BCUT2D eigenvalue weighted by Gasteiger charge is -2.28. The highest BCUT2D eigenvalue weighted by Gasteiger charge is 2.42. The molecule has 1 aromatic carbocycles. The Kier molecular flexibility index (Phi) is 3.66. The summed E-state index contributed by atoms with van der Waals surface area (Å²) >= 11 is 0. The summed E-state index contributed by atoms with van der Waals surface area (Å²) in [6, 6.07) is 6.20. The van der Waals surface area contributed by atoms with Crippen molar-refractivity contribution in [1.82, 2.24) is 5.32 Å². The molecule has 2 saturated carbocycles. The number of hydrogen-bond acceptors (Lipinski definition) is 3. The van der Waals surface area contributed by atoms with Gasteiger partial charge in [-0.15, -0.1) is 0 Å². The molecule has 1 aromatic rings. The number of hydrogen-bond donors (Lipinski definition) is 1. The molecule has 5 heteroatoms. The number of para-hydroxylation sites is 1. The molecule has 0 unspecified atom stereocenters. The van der Waals surface area contributed by atoms with Crippen molar-refractivity contribution in [2.24, 2.45) is 17.8 Å². The fraction of sp³-hybridized carbons (Fsp3) is 0.562. The summed E-state index contributed by atoms with van der Waals surface area (Å²) in [6.45, 7) is 2.03. The molecule has 0 radical (unpaired) electrons. The highest BCUT2D eigenvalue weighted by atomic mass is 16.6. The lowest BCUT2D eigenvalue weighted by Crippen LogP contribution is -2.40. The van der Waals surface area contributed by atoms with Crippen molar-refractivity contribution in [2.75, 3.05) is 0 Å². The van der Waals surface area contributed by atoms with E-state index in [1.54, 1.807) is 12.1 Å². The van der Waals surface area contributed by atoms with E-state index in [0.29, 0.717) is 5.92 Å². The van der Waals surface area contributed by atoms with Gasteiger partial charge in [-0.3, -0.25) is 14.9 Å². The lowest BCUT2D eigenvalue weighted by atomic mass is 9.84. The Hall–Kier alpha value is -1.91. The summed E-state index contributed by atoms with van der Waals surface area (Å²) < 4.78 is 0. The molecule has 0 saturated heterocycles. The molecule has 3 rings (SSSR count). The van der Waals surface area contributed by atoms with Crippen molar-refractivity contribution in [3.8, 4) is 0 Å². The maximum absolute atomic E-state index is 12.3. The van der Waals surface area contributed by atoms with Crippen LogP contribution >= 0.6 is 0 Å². The number of amides is 1. The van der Waals surface area contributed by atoms with E-state index in [-0.39, 0.29) is 23.2 Å². The SMILES string of the molecule is C[C@@H](NC(=O)c1ccccc1[N+](=O)[O-])[C@@H]1C[C@H]2CC[C@H]1C2. The minimum atomic E-state index is -0.503. The number of nitro groups is 1. The molecule has 112 valence electrons. The van der Waals surface area contributed by atoms with Crippen LogP contribution in [0.1, 0.15) is 43.0 Å². The summed E-state index contributed by atoms with van der Waals surface area (Å²) in [7, 11) is 0. The molecule has 0 spiro atoms. The lowest BCUT2D eigenvalue weighted by molar-refractivity contribution is -0.385. The summed E-state index contributed by atoms with van der Waals surface area (Å²) in [6.07, 6.45) is 5.06. The molecule has 21 heavy (non-hydrogen) atoms.